The van der Waals surface area contributed by atoms with Gasteiger partial charge in [-0.15, -0.1) is 0 Å². The van der Waals surface area contributed by atoms with Crippen LogP contribution in [0.4, 0.5) is 22.7 Å². The normalized spacial score (nSPS) is 11.1. The first kappa shape index (κ1) is 24.6. The molecule has 0 spiro atoms. The van der Waals surface area contributed by atoms with Gasteiger partial charge in [0.2, 0.25) is 0 Å². The van der Waals surface area contributed by atoms with Crippen LogP contribution in [0.25, 0.3) is 17.0 Å². The summed E-state index contributed by atoms with van der Waals surface area (Å²) in [7, 11) is 0. The van der Waals surface area contributed by atoms with Crippen molar-refractivity contribution in [3.63, 3.8) is 0 Å². The number of aromatic nitrogens is 2. The molecule has 38 heavy (non-hydrogen) atoms. The third-order valence-corrected chi connectivity index (χ3v) is 6.23. The second kappa shape index (κ2) is 10.9. The van der Waals surface area contributed by atoms with Gasteiger partial charge in [-0.3, -0.25) is 9.59 Å². The quantitative estimate of drug-likeness (QED) is 0.153. The van der Waals surface area contributed by atoms with Gasteiger partial charge >= 0.3 is 0 Å². The molecule has 190 valence electrons. The summed E-state index contributed by atoms with van der Waals surface area (Å²) in [4.78, 5) is 31.7. The number of fused-ring (bicyclic) bond motifs is 1. The molecule has 3 aromatic carbocycles. The molecule has 0 saturated heterocycles. The zero-order valence-corrected chi connectivity index (χ0v) is 21.3. The molecule has 2 amide bonds. The first-order valence-electron chi connectivity index (χ1n) is 12.5. The van der Waals surface area contributed by atoms with Crippen LogP contribution in [0.3, 0.4) is 0 Å². The van der Waals surface area contributed by atoms with E-state index < -0.39 is 0 Å². The molecular weight excluding hydrogens is 474 g/mol. The zero-order chi connectivity index (χ0) is 26.5. The van der Waals surface area contributed by atoms with Gasteiger partial charge in [-0.25, -0.2) is 0 Å². The number of carbonyl (C=O) groups is 2. The van der Waals surface area contributed by atoms with Gasteiger partial charge < -0.3 is 25.9 Å². The minimum absolute atomic E-state index is 0.179. The number of anilines is 4. The van der Waals surface area contributed by atoms with E-state index in [1.165, 1.54) is 0 Å². The second-order valence-corrected chi connectivity index (χ2v) is 8.93. The lowest BCUT2D eigenvalue weighted by atomic mass is 10.2. The Bertz CT molecular complexity index is 1580. The number of para-hydroxylation sites is 1. The summed E-state index contributed by atoms with van der Waals surface area (Å²) < 4.78 is 0. The van der Waals surface area contributed by atoms with Gasteiger partial charge in [0.15, 0.2) is 0 Å². The number of rotatable bonds is 8. The lowest BCUT2D eigenvalue weighted by Gasteiger charge is -2.10. The predicted molar refractivity (Wildman–Crippen MR) is 155 cm³/mol. The van der Waals surface area contributed by atoms with Gasteiger partial charge in [-0.2, -0.15) is 0 Å². The van der Waals surface area contributed by atoms with E-state index in [0.29, 0.717) is 22.8 Å². The van der Waals surface area contributed by atoms with Gasteiger partial charge in [0.05, 0.1) is 0 Å². The minimum atomic E-state index is -0.192. The van der Waals surface area contributed by atoms with E-state index in [2.05, 4.69) is 32.8 Å². The third kappa shape index (κ3) is 5.52. The molecule has 0 aliphatic rings. The van der Waals surface area contributed by atoms with Crippen molar-refractivity contribution < 1.29 is 9.59 Å². The first-order valence-corrected chi connectivity index (χ1v) is 12.5. The Balaban J connectivity index is 1.18. The molecule has 0 saturated carbocycles. The molecular formula is C31H29N5O2. The van der Waals surface area contributed by atoms with Gasteiger partial charge in [0.1, 0.15) is 11.4 Å². The molecule has 2 heterocycles. The Hall–Kier alpha value is -5.04. The Kier molecular flexibility index (Phi) is 7.08. The third-order valence-electron chi connectivity index (χ3n) is 6.23. The number of carbonyl (C=O) groups excluding carboxylic acids is 2. The fourth-order valence-electron chi connectivity index (χ4n) is 4.29. The molecule has 0 aliphatic carbocycles. The Morgan fingerprint density at radius 2 is 1.29 bits per heavy atom. The fraction of sp³-hybridized carbons (Fsp3) is 0.0968. The number of aromatic amines is 2. The SMILES string of the molecule is CC=Cc1cc(C(=O)Nc2ccc(Nc3ccc(NC(=O)c4cc5ccccc5[nH]4)cc3)cc2)[nH]c1CC. The molecule has 2 aromatic heterocycles. The number of hydrogen-bond donors (Lipinski definition) is 5. The highest BCUT2D eigenvalue weighted by Gasteiger charge is 2.12. The van der Waals surface area contributed by atoms with Crippen molar-refractivity contribution in [1.29, 1.82) is 0 Å². The van der Waals surface area contributed by atoms with Gasteiger partial charge in [-0.05, 0) is 85.6 Å². The van der Waals surface area contributed by atoms with E-state index in [-0.39, 0.29) is 11.8 Å². The molecule has 5 rings (SSSR count). The monoisotopic (exact) mass is 503 g/mol. The number of allylic oxidation sites excluding steroid dienone is 1. The number of amides is 2. The Morgan fingerprint density at radius 3 is 1.84 bits per heavy atom. The van der Waals surface area contributed by atoms with Crippen molar-refractivity contribution in [2.24, 2.45) is 0 Å². The molecule has 7 heteroatoms. The summed E-state index contributed by atoms with van der Waals surface area (Å²) in [5.74, 6) is -0.371. The standard InChI is InChI=1S/C31H29N5O2/c1-3-7-20-18-28(35-26(20)4-2)30(37)33-24-14-10-22(11-15-24)32-23-12-16-25(17-13-23)34-31(38)29-19-21-8-5-6-9-27(21)36-29/h3,5-19,32,35-36H,4H2,1-2H3,(H,33,37)(H,34,38). The van der Waals surface area contributed by atoms with Crippen LogP contribution in [-0.2, 0) is 6.42 Å². The summed E-state index contributed by atoms with van der Waals surface area (Å²) in [6.07, 6.45) is 4.78. The van der Waals surface area contributed by atoms with Crippen LogP contribution in [0.1, 0.15) is 46.1 Å². The van der Waals surface area contributed by atoms with E-state index in [0.717, 1.165) is 40.0 Å². The van der Waals surface area contributed by atoms with E-state index in [1.54, 1.807) is 0 Å². The van der Waals surface area contributed by atoms with Gasteiger partial charge in [0, 0.05) is 39.3 Å². The molecule has 0 unspecified atom stereocenters. The van der Waals surface area contributed by atoms with Crippen molar-refractivity contribution in [2.75, 3.05) is 16.0 Å². The number of benzene rings is 3. The topological polar surface area (TPSA) is 102 Å². The summed E-state index contributed by atoms with van der Waals surface area (Å²) in [6.45, 7) is 4.01. The molecule has 0 aliphatic heterocycles. The van der Waals surface area contributed by atoms with Crippen LogP contribution in [-0.4, -0.2) is 21.8 Å². The average Bonchev–Trinajstić information content (AvgIpc) is 3.55. The van der Waals surface area contributed by atoms with Crippen LogP contribution < -0.4 is 16.0 Å². The fourth-order valence-corrected chi connectivity index (χ4v) is 4.29. The lowest BCUT2D eigenvalue weighted by molar-refractivity contribution is 0.101. The van der Waals surface area contributed by atoms with Crippen molar-refractivity contribution in [3.8, 4) is 0 Å². The summed E-state index contributed by atoms with van der Waals surface area (Å²) in [6, 6.07) is 26.5. The second-order valence-electron chi connectivity index (χ2n) is 8.93. The maximum Gasteiger partial charge on any atom is 0.272 e. The lowest BCUT2D eigenvalue weighted by Crippen LogP contribution is -2.12. The number of hydrogen-bond acceptors (Lipinski definition) is 3. The van der Waals surface area contributed by atoms with E-state index in [9.17, 15) is 9.59 Å². The Morgan fingerprint density at radius 1 is 0.737 bits per heavy atom. The minimum Gasteiger partial charge on any atom is -0.356 e. The van der Waals surface area contributed by atoms with Gasteiger partial charge in [-0.1, -0.05) is 37.3 Å². The summed E-state index contributed by atoms with van der Waals surface area (Å²) in [5, 5.41) is 10.2. The maximum absolute atomic E-state index is 12.7. The molecule has 0 radical (unpaired) electrons. The largest absolute Gasteiger partial charge is 0.356 e. The number of aryl methyl sites for hydroxylation is 1. The first-order chi connectivity index (χ1) is 18.5. The molecule has 5 N–H and O–H groups in total. The van der Waals surface area contributed by atoms with Crippen molar-refractivity contribution in [3.05, 3.63) is 114 Å². The molecule has 0 atom stereocenters. The van der Waals surface area contributed by atoms with Crippen LogP contribution in [0, 0.1) is 0 Å². The number of nitrogens with one attached hydrogen (secondary N) is 5. The summed E-state index contributed by atoms with van der Waals surface area (Å²) in [5.41, 5.74) is 7.20. The zero-order valence-electron chi connectivity index (χ0n) is 21.3. The summed E-state index contributed by atoms with van der Waals surface area (Å²) >= 11 is 0. The number of H-pyrrole nitrogens is 2. The van der Waals surface area contributed by atoms with Crippen LogP contribution in [0.2, 0.25) is 0 Å². The highest BCUT2D eigenvalue weighted by molar-refractivity contribution is 6.06. The maximum atomic E-state index is 12.7. The average molecular weight is 504 g/mol. The highest BCUT2D eigenvalue weighted by atomic mass is 16.2. The predicted octanol–water partition coefficient (Wildman–Crippen LogP) is 7.34. The van der Waals surface area contributed by atoms with E-state index in [1.807, 2.05) is 104 Å². The van der Waals surface area contributed by atoms with Crippen LogP contribution in [0.15, 0.2) is 91.0 Å². The highest BCUT2D eigenvalue weighted by Crippen LogP contribution is 2.22. The van der Waals surface area contributed by atoms with Crippen LogP contribution in [0.5, 0.6) is 0 Å². The van der Waals surface area contributed by atoms with E-state index in [4.69, 9.17) is 0 Å². The molecule has 0 fully saturated rings. The Labute approximate surface area is 221 Å². The van der Waals surface area contributed by atoms with Crippen molar-refractivity contribution in [1.82, 2.24) is 9.97 Å². The van der Waals surface area contributed by atoms with E-state index >= 15 is 0 Å². The van der Waals surface area contributed by atoms with Crippen molar-refractivity contribution >= 4 is 51.5 Å². The smallest absolute Gasteiger partial charge is 0.272 e. The molecule has 0 bridgehead atoms. The van der Waals surface area contributed by atoms with Crippen molar-refractivity contribution in [2.45, 2.75) is 20.3 Å². The molecule has 7 nitrogen and oxygen atoms in total. The van der Waals surface area contributed by atoms with Gasteiger partial charge in [0.25, 0.3) is 11.8 Å². The van der Waals surface area contributed by atoms with Crippen LogP contribution >= 0.6 is 0 Å². The molecule has 5 aromatic rings.